The predicted octanol–water partition coefficient (Wildman–Crippen LogP) is -1.19. The number of hydrogen-bond acceptors (Lipinski definition) is 18. The van der Waals surface area contributed by atoms with E-state index in [-0.39, 0.29) is 52.4 Å². The number of aryl methyl sites for hydroxylation is 1. The molecular weight excluding hydrogens is 736 g/mol. The Morgan fingerprint density at radius 3 is 1.29 bits per heavy atom. The zero-order valence-corrected chi connectivity index (χ0v) is 33.7. The van der Waals surface area contributed by atoms with E-state index >= 15 is 0 Å². The van der Waals surface area contributed by atoms with Crippen molar-refractivity contribution in [3.05, 3.63) is 29.8 Å². The van der Waals surface area contributed by atoms with Gasteiger partial charge in [0, 0.05) is 59.0 Å². The van der Waals surface area contributed by atoms with Gasteiger partial charge in [-0.05, 0) is 43.9 Å². The van der Waals surface area contributed by atoms with Crippen molar-refractivity contribution >= 4 is 23.9 Å². The Bertz CT molecular complexity index is 1240. The first-order valence-electron chi connectivity index (χ1n) is 19.1. The number of ether oxygens (including phenoxy) is 7. The maximum atomic E-state index is 13.4. The van der Waals surface area contributed by atoms with Gasteiger partial charge in [0.15, 0.2) is 0 Å². The van der Waals surface area contributed by atoms with Crippen molar-refractivity contribution in [3.8, 4) is 5.75 Å². The van der Waals surface area contributed by atoms with Gasteiger partial charge in [-0.25, -0.2) is 0 Å². The van der Waals surface area contributed by atoms with Crippen molar-refractivity contribution < 1.29 is 67.7 Å². The molecule has 1 fully saturated rings. The molecule has 1 aliphatic rings. The molecule has 0 aliphatic carbocycles. The van der Waals surface area contributed by atoms with Gasteiger partial charge in [0.2, 0.25) is 0 Å². The summed E-state index contributed by atoms with van der Waals surface area (Å²) in [6.45, 7) is 4.19. The lowest BCUT2D eigenvalue weighted by Gasteiger charge is -2.39. The van der Waals surface area contributed by atoms with Crippen LogP contribution in [0.3, 0.4) is 0 Å². The number of esters is 4. The van der Waals surface area contributed by atoms with E-state index in [9.17, 15) is 34.5 Å². The molecule has 1 heterocycles. The van der Waals surface area contributed by atoms with E-state index in [0.29, 0.717) is 58.0 Å². The number of rotatable bonds is 23. The number of nitrogens with zero attached hydrogens (tertiary/aromatic N) is 4. The Labute approximate surface area is 330 Å². The van der Waals surface area contributed by atoms with Crippen LogP contribution in [0.4, 0.5) is 0 Å². The highest BCUT2D eigenvalue weighted by atomic mass is 16.5. The van der Waals surface area contributed by atoms with Crippen molar-refractivity contribution in [1.82, 2.24) is 19.6 Å². The van der Waals surface area contributed by atoms with Crippen LogP contribution in [0.15, 0.2) is 24.3 Å². The molecule has 0 saturated carbocycles. The zero-order valence-electron chi connectivity index (χ0n) is 33.7. The van der Waals surface area contributed by atoms with Crippen LogP contribution in [0, 0.1) is 0 Å². The molecule has 2 rings (SSSR count). The van der Waals surface area contributed by atoms with E-state index in [0.717, 1.165) is 5.56 Å². The largest absolute Gasteiger partial charge is 0.491 e. The summed E-state index contributed by atoms with van der Waals surface area (Å²) in [5, 5.41) is 30.8. The van der Waals surface area contributed by atoms with Gasteiger partial charge in [-0.1, -0.05) is 12.1 Å². The first kappa shape index (κ1) is 48.7. The summed E-state index contributed by atoms with van der Waals surface area (Å²) in [5.41, 5.74) is 1.05. The Hall–Kier alpha value is -3.46. The lowest BCUT2D eigenvalue weighted by molar-refractivity contribution is -0.153. The first-order chi connectivity index (χ1) is 27.1. The summed E-state index contributed by atoms with van der Waals surface area (Å²) < 4.78 is 36.7. The predicted molar refractivity (Wildman–Crippen MR) is 203 cm³/mol. The number of methoxy groups -OCH3 is 4. The molecule has 56 heavy (non-hydrogen) atoms. The van der Waals surface area contributed by atoms with Crippen molar-refractivity contribution in [2.45, 2.75) is 50.4 Å². The average Bonchev–Trinajstić information content (AvgIpc) is 3.22. The van der Waals surface area contributed by atoms with Gasteiger partial charge in [0.25, 0.3) is 0 Å². The summed E-state index contributed by atoms with van der Waals surface area (Å²) in [4.78, 5) is 58.8. The second kappa shape index (κ2) is 28.0. The molecule has 0 unspecified atom stereocenters. The Balaban J connectivity index is 2.33. The molecule has 0 aromatic heterocycles. The van der Waals surface area contributed by atoms with Crippen LogP contribution in [0.5, 0.6) is 5.75 Å². The van der Waals surface area contributed by atoms with Gasteiger partial charge >= 0.3 is 23.9 Å². The minimum atomic E-state index is -1.07. The summed E-state index contributed by atoms with van der Waals surface area (Å²) in [6.07, 6.45) is 1.69. The Morgan fingerprint density at radius 2 is 0.911 bits per heavy atom. The van der Waals surface area contributed by atoms with Crippen LogP contribution in [0.25, 0.3) is 0 Å². The van der Waals surface area contributed by atoms with Gasteiger partial charge in [-0.15, -0.1) is 0 Å². The summed E-state index contributed by atoms with van der Waals surface area (Å²) in [5.74, 6) is -1.75. The van der Waals surface area contributed by atoms with Crippen LogP contribution >= 0.6 is 0 Å². The zero-order chi connectivity index (χ0) is 41.3. The van der Waals surface area contributed by atoms with E-state index < -0.39 is 67.9 Å². The number of carbonyl (C=O) groups is 4. The first-order valence-corrected chi connectivity index (χ1v) is 19.1. The van der Waals surface area contributed by atoms with E-state index in [2.05, 4.69) is 0 Å². The Morgan fingerprint density at radius 1 is 0.554 bits per heavy atom. The van der Waals surface area contributed by atoms with E-state index in [1.807, 2.05) is 36.1 Å². The fourth-order valence-electron chi connectivity index (χ4n) is 6.57. The van der Waals surface area contributed by atoms with Crippen molar-refractivity contribution in [1.29, 1.82) is 0 Å². The highest BCUT2D eigenvalue weighted by Gasteiger charge is 2.35. The number of carbonyl (C=O) groups excluding carboxylic acids is 4. The molecule has 1 aromatic rings. The summed E-state index contributed by atoms with van der Waals surface area (Å²) in [7, 11) is 4.98. The third-order valence-electron chi connectivity index (χ3n) is 9.81. The van der Waals surface area contributed by atoms with Crippen LogP contribution in [-0.4, -0.2) is 217 Å². The maximum Gasteiger partial charge on any atom is 0.325 e. The monoisotopic (exact) mass is 800 g/mol. The normalized spacial score (nSPS) is 17.7. The molecular formula is C38H64N4O14. The fourth-order valence-corrected chi connectivity index (χ4v) is 6.57. The van der Waals surface area contributed by atoms with E-state index in [1.54, 1.807) is 14.7 Å². The van der Waals surface area contributed by atoms with Gasteiger partial charge < -0.3 is 48.5 Å². The Kier molecular flexibility index (Phi) is 24.4. The summed E-state index contributed by atoms with van der Waals surface area (Å²) in [6, 6.07) is 3.83. The highest BCUT2D eigenvalue weighted by molar-refractivity contribution is 5.77. The number of aliphatic hydroxyl groups is 3. The smallest absolute Gasteiger partial charge is 0.325 e. The fraction of sp³-hybridized carbons (Fsp3) is 0.737. The maximum absolute atomic E-state index is 13.4. The van der Waals surface area contributed by atoms with Crippen LogP contribution in [-0.2, 0) is 54.0 Å². The van der Waals surface area contributed by atoms with Crippen LogP contribution < -0.4 is 4.74 Å². The van der Waals surface area contributed by atoms with Crippen LogP contribution in [0.2, 0.25) is 0 Å². The second-order valence-corrected chi connectivity index (χ2v) is 13.0. The number of aliphatic hydroxyl groups excluding tert-OH is 3. The molecule has 1 aromatic carbocycles. The van der Waals surface area contributed by atoms with Gasteiger partial charge in [-0.2, -0.15) is 0 Å². The van der Waals surface area contributed by atoms with Gasteiger partial charge in [0.1, 0.15) is 36.5 Å². The average molecular weight is 801 g/mol. The standard InChI is InChI=1S/C38H64N4O14/c1-6-54-22-23-55-24-25-56-30-12-10-29(11-13-30)8-7-9-31(35(46)50-2)39-14-16-40(32(26-43)36(47)51-3)18-20-42(34(28-45)38(49)53-5)21-19-41(17-15-39)33(27-44)37(48)52-4/h10-13,31-34,43-45H,6-9,14-28H2,1-5H3/t31-,32-,33-,34-/m0/s1. The summed E-state index contributed by atoms with van der Waals surface area (Å²) >= 11 is 0. The molecule has 0 bridgehead atoms. The molecule has 18 nitrogen and oxygen atoms in total. The molecule has 3 N–H and O–H groups in total. The lowest BCUT2D eigenvalue weighted by atomic mass is 10.0. The third kappa shape index (κ3) is 16.2. The lowest BCUT2D eigenvalue weighted by Crippen LogP contribution is -2.57. The molecule has 0 radical (unpaired) electrons. The number of hydrogen-bond donors (Lipinski definition) is 3. The van der Waals surface area contributed by atoms with Crippen molar-refractivity contribution in [2.24, 2.45) is 0 Å². The van der Waals surface area contributed by atoms with E-state index in [1.165, 1.54) is 28.4 Å². The molecule has 0 amide bonds. The topological polar surface area (TPSA) is 207 Å². The molecule has 1 aliphatic heterocycles. The second-order valence-electron chi connectivity index (χ2n) is 13.0. The molecule has 320 valence electrons. The van der Waals surface area contributed by atoms with Crippen molar-refractivity contribution in [2.75, 3.05) is 134 Å². The van der Waals surface area contributed by atoms with Gasteiger partial charge in [-0.3, -0.25) is 38.8 Å². The minimum Gasteiger partial charge on any atom is -0.491 e. The molecule has 4 atom stereocenters. The quantitative estimate of drug-likeness (QED) is 0.0676. The number of benzene rings is 1. The molecule has 18 heteroatoms. The van der Waals surface area contributed by atoms with Crippen LogP contribution in [0.1, 0.15) is 25.3 Å². The van der Waals surface area contributed by atoms with E-state index in [4.69, 9.17) is 33.2 Å². The van der Waals surface area contributed by atoms with Crippen molar-refractivity contribution in [3.63, 3.8) is 0 Å². The molecule has 0 spiro atoms. The van der Waals surface area contributed by atoms with Gasteiger partial charge in [0.05, 0.1) is 68.1 Å². The highest BCUT2D eigenvalue weighted by Crippen LogP contribution is 2.18. The SMILES string of the molecule is CCOCCOCCOc1ccc(CCC[C@@H](C(=O)OC)N2CCN([C@@H](CO)C(=O)OC)CCN([C@@H](CO)C(=O)OC)CCN([C@@H](CO)C(=O)OC)CC2)cc1. The third-order valence-corrected chi connectivity index (χ3v) is 9.81. The molecule has 1 saturated heterocycles. The minimum absolute atomic E-state index is 0.135.